The highest BCUT2D eigenvalue weighted by atomic mass is 31.2. The van der Waals surface area contributed by atoms with E-state index in [1.807, 2.05) is 0 Å². The predicted molar refractivity (Wildman–Crippen MR) is 395 cm³/mol. The molecular formula is C78H152O17P2. The number of carbonyl (C=O) groups excluding carboxylic acids is 4. The van der Waals surface area contributed by atoms with Crippen molar-refractivity contribution in [3.63, 3.8) is 0 Å². The van der Waals surface area contributed by atoms with Crippen LogP contribution in [0.2, 0.25) is 0 Å². The maximum Gasteiger partial charge on any atom is 0.472 e. The zero-order chi connectivity index (χ0) is 71.4. The molecule has 0 aliphatic heterocycles. The van der Waals surface area contributed by atoms with Crippen LogP contribution >= 0.6 is 15.6 Å². The van der Waals surface area contributed by atoms with Crippen LogP contribution in [0.15, 0.2) is 0 Å². The lowest BCUT2D eigenvalue weighted by Gasteiger charge is -2.21. The molecule has 0 aromatic rings. The molecule has 0 aliphatic carbocycles. The standard InChI is InChI=1S/C78H152O17P2/c1-7-9-11-13-15-17-18-19-27-33-38-44-50-56-62-77(82)94-73(66-88-75(80)60-54-48-42-16-14-12-10-8-2)68-92-96(84,85)90-64-72(79)65-91-97(86,87)93-69-74(67-89-76(81)61-55-49-43-37-32-29-24-26-31-36-41-47-53-59-71(5)6)95-78(83)63-57-51-45-39-34-28-23-21-20-22-25-30-35-40-46-52-58-70(3)4/h70-74,79H,7-69H2,1-6H3,(H,84,85)(H,86,87)/t72-,73+,74+/m0/s1. The maximum atomic E-state index is 13.1. The number of aliphatic hydroxyl groups excluding tert-OH is 1. The number of rotatable bonds is 77. The average molecular weight is 1420 g/mol. The van der Waals surface area contributed by atoms with Crippen molar-refractivity contribution >= 4 is 39.5 Å². The summed E-state index contributed by atoms with van der Waals surface area (Å²) in [5, 5.41) is 10.6. The predicted octanol–water partition coefficient (Wildman–Crippen LogP) is 23.1. The maximum absolute atomic E-state index is 13.1. The van der Waals surface area contributed by atoms with Gasteiger partial charge in [-0.3, -0.25) is 37.3 Å². The van der Waals surface area contributed by atoms with Gasteiger partial charge in [0.25, 0.3) is 0 Å². The molecule has 0 aromatic carbocycles. The summed E-state index contributed by atoms with van der Waals surface area (Å²) in [6.07, 6.45) is 58.2. The molecule has 0 bridgehead atoms. The van der Waals surface area contributed by atoms with Crippen molar-refractivity contribution in [3.8, 4) is 0 Å². The van der Waals surface area contributed by atoms with Gasteiger partial charge in [-0.15, -0.1) is 0 Å². The highest BCUT2D eigenvalue weighted by Crippen LogP contribution is 2.45. The van der Waals surface area contributed by atoms with E-state index in [1.165, 1.54) is 218 Å². The first-order valence-corrected chi connectivity index (χ1v) is 43.5. The van der Waals surface area contributed by atoms with E-state index in [1.54, 1.807) is 0 Å². The van der Waals surface area contributed by atoms with Crippen LogP contribution in [0, 0.1) is 11.8 Å². The summed E-state index contributed by atoms with van der Waals surface area (Å²) >= 11 is 0. The van der Waals surface area contributed by atoms with Gasteiger partial charge in [0, 0.05) is 25.7 Å². The van der Waals surface area contributed by atoms with E-state index in [9.17, 15) is 43.2 Å². The Kier molecular flexibility index (Phi) is 68.4. The summed E-state index contributed by atoms with van der Waals surface area (Å²) in [5.74, 6) is -0.513. The molecular weight excluding hydrogens is 1270 g/mol. The normalized spacial score (nSPS) is 14.0. The zero-order valence-electron chi connectivity index (χ0n) is 63.4. The highest BCUT2D eigenvalue weighted by Gasteiger charge is 2.30. The van der Waals surface area contributed by atoms with Crippen molar-refractivity contribution in [2.75, 3.05) is 39.6 Å². The number of esters is 4. The van der Waals surface area contributed by atoms with Crippen LogP contribution in [0.5, 0.6) is 0 Å². The zero-order valence-corrected chi connectivity index (χ0v) is 65.2. The van der Waals surface area contributed by atoms with E-state index in [4.69, 9.17) is 37.0 Å². The van der Waals surface area contributed by atoms with Crippen LogP contribution in [-0.4, -0.2) is 96.7 Å². The molecule has 0 aliphatic rings. The Morgan fingerprint density at radius 1 is 0.278 bits per heavy atom. The second-order valence-corrected chi connectivity index (χ2v) is 32.0. The van der Waals surface area contributed by atoms with E-state index in [-0.39, 0.29) is 25.7 Å². The van der Waals surface area contributed by atoms with E-state index >= 15 is 0 Å². The van der Waals surface area contributed by atoms with Gasteiger partial charge in [0.2, 0.25) is 0 Å². The number of carbonyl (C=O) groups is 4. The number of hydrogen-bond donors (Lipinski definition) is 3. The molecule has 97 heavy (non-hydrogen) atoms. The number of hydrogen-bond acceptors (Lipinski definition) is 15. The van der Waals surface area contributed by atoms with Crippen molar-refractivity contribution < 1.29 is 80.2 Å². The fourth-order valence-electron chi connectivity index (χ4n) is 12.0. The van der Waals surface area contributed by atoms with Gasteiger partial charge in [-0.1, -0.05) is 356 Å². The van der Waals surface area contributed by atoms with Crippen molar-refractivity contribution in [2.45, 2.75) is 426 Å². The molecule has 0 spiro atoms. The number of ether oxygens (including phenoxy) is 4. The minimum atomic E-state index is -4.96. The topological polar surface area (TPSA) is 237 Å². The third-order valence-corrected chi connectivity index (χ3v) is 20.1. The molecule has 0 fully saturated rings. The van der Waals surface area contributed by atoms with Crippen molar-refractivity contribution in [3.05, 3.63) is 0 Å². The Morgan fingerprint density at radius 3 is 0.701 bits per heavy atom. The largest absolute Gasteiger partial charge is 0.472 e. The molecule has 0 saturated carbocycles. The molecule has 3 N–H and O–H groups in total. The fourth-order valence-corrected chi connectivity index (χ4v) is 13.6. The summed E-state index contributed by atoms with van der Waals surface area (Å²) in [6.45, 7) is 9.64. The van der Waals surface area contributed by atoms with Gasteiger partial charge in [-0.2, -0.15) is 0 Å². The molecule has 576 valence electrons. The smallest absolute Gasteiger partial charge is 0.462 e. The van der Waals surface area contributed by atoms with Crippen LogP contribution in [0.1, 0.15) is 408 Å². The number of phosphoric ester groups is 2. The fraction of sp³-hybridized carbons (Fsp3) is 0.949. The molecule has 0 radical (unpaired) electrons. The van der Waals surface area contributed by atoms with Gasteiger partial charge in [0.1, 0.15) is 19.3 Å². The SMILES string of the molecule is CCCCCCCCCCCCCCCCC(=O)O[C@H](COC(=O)CCCCCCCCCC)COP(=O)(O)OC[C@H](O)COP(=O)(O)OC[C@@H](COC(=O)CCCCCCCCCCCCCCCC(C)C)OC(=O)CCCCCCCCCCCCCCCCCCC(C)C. The molecule has 0 saturated heterocycles. The van der Waals surface area contributed by atoms with Gasteiger partial charge < -0.3 is 33.8 Å². The monoisotopic (exact) mass is 1420 g/mol. The first-order valence-electron chi connectivity index (χ1n) is 40.5. The third kappa shape index (κ3) is 72.2. The Hall–Kier alpha value is -1.94. The van der Waals surface area contributed by atoms with Crippen molar-refractivity contribution in [1.82, 2.24) is 0 Å². The molecule has 17 nitrogen and oxygen atoms in total. The molecule has 0 rings (SSSR count). The molecule has 0 aromatic heterocycles. The van der Waals surface area contributed by atoms with Gasteiger partial charge in [-0.05, 0) is 37.5 Å². The lowest BCUT2D eigenvalue weighted by atomic mass is 10.0. The molecule has 5 atom stereocenters. The summed E-state index contributed by atoms with van der Waals surface area (Å²) in [5.41, 5.74) is 0. The van der Waals surface area contributed by atoms with Crippen LogP contribution in [0.4, 0.5) is 0 Å². The van der Waals surface area contributed by atoms with Crippen molar-refractivity contribution in [2.24, 2.45) is 11.8 Å². The van der Waals surface area contributed by atoms with Crippen LogP contribution in [0.25, 0.3) is 0 Å². The first kappa shape index (κ1) is 95.1. The third-order valence-electron chi connectivity index (χ3n) is 18.2. The van der Waals surface area contributed by atoms with Gasteiger partial charge >= 0.3 is 39.5 Å². The number of unbranched alkanes of at least 4 members (excludes halogenated alkanes) is 47. The Balaban J connectivity index is 5.21. The summed E-state index contributed by atoms with van der Waals surface area (Å²) < 4.78 is 68.5. The van der Waals surface area contributed by atoms with E-state index in [0.717, 1.165) is 108 Å². The minimum absolute atomic E-state index is 0.108. The van der Waals surface area contributed by atoms with E-state index < -0.39 is 97.5 Å². The molecule has 0 heterocycles. The molecule has 0 amide bonds. The Morgan fingerprint density at radius 2 is 0.474 bits per heavy atom. The van der Waals surface area contributed by atoms with Gasteiger partial charge in [-0.25, -0.2) is 9.13 Å². The van der Waals surface area contributed by atoms with Gasteiger partial charge in [0.05, 0.1) is 26.4 Å². The highest BCUT2D eigenvalue weighted by molar-refractivity contribution is 7.47. The van der Waals surface area contributed by atoms with Crippen LogP contribution in [0.3, 0.4) is 0 Å². The van der Waals surface area contributed by atoms with Crippen LogP contribution < -0.4 is 0 Å². The lowest BCUT2D eigenvalue weighted by molar-refractivity contribution is -0.161. The average Bonchev–Trinajstić information content (AvgIpc) is 1.33. The quantitative estimate of drug-likeness (QED) is 0.0222. The molecule has 19 heteroatoms. The van der Waals surface area contributed by atoms with Crippen LogP contribution in [-0.2, 0) is 65.4 Å². The van der Waals surface area contributed by atoms with Crippen molar-refractivity contribution in [1.29, 1.82) is 0 Å². The summed E-state index contributed by atoms with van der Waals surface area (Å²) in [4.78, 5) is 72.8. The second-order valence-electron chi connectivity index (χ2n) is 29.1. The lowest BCUT2D eigenvalue weighted by Crippen LogP contribution is -2.30. The minimum Gasteiger partial charge on any atom is -0.462 e. The van der Waals surface area contributed by atoms with Gasteiger partial charge in [0.15, 0.2) is 12.2 Å². The summed E-state index contributed by atoms with van der Waals surface area (Å²) in [7, 11) is -9.91. The number of phosphoric acid groups is 2. The van der Waals surface area contributed by atoms with E-state index in [0.29, 0.717) is 25.7 Å². The Labute approximate surface area is 594 Å². The number of aliphatic hydroxyl groups is 1. The second kappa shape index (κ2) is 69.8. The van der Waals surface area contributed by atoms with E-state index in [2.05, 4.69) is 41.5 Å². The first-order chi connectivity index (χ1) is 46.9. The Bertz CT molecular complexity index is 1870. The summed E-state index contributed by atoms with van der Waals surface area (Å²) in [6, 6.07) is 0. The molecule has 2 unspecified atom stereocenters.